The van der Waals surface area contributed by atoms with Crippen molar-refractivity contribution in [1.82, 2.24) is 0 Å². The molecule has 74 valence electrons. The molecule has 3 rings (SSSR count). The molecule has 1 aromatic carbocycles. The normalized spacial score (nSPS) is 24.1. The monoisotopic (exact) mass is 216 g/mol. The van der Waals surface area contributed by atoms with Crippen LogP contribution in [0.15, 0.2) is 47.8 Å². The molecule has 2 nitrogen and oxygen atoms in total. The van der Waals surface area contributed by atoms with Gasteiger partial charge >= 0.3 is 0 Å². The van der Waals surface area contributed by atoms with E-state index in [9.17, 15) is 4.79 Å². The molecule has 0 saturated carbocycles. The van der Waals surface area contributed by atoms with Crippen molar-refractivity contribution in [3.05, 3.63) is 53.4 Å². The number of hydrogen-bond donors (Lipinski definition) is 0. The lowest BCUT2D eigenvalue weighted by Gasteiger charge is -2.27. The van der Waals surface area contributed by atoms with Crippen molar-refractivity contribution in [1.29, 1.82) is 0 Å². The number of rotatable bonds is 0. The number of allylic oxidation sites excluding steroid dienone is 4. The summed E-state index contributed by atoms with van der Waals surface area (Å²) >= 11 is 0. The first-order valence-electron chi connectivity index (χ1n) is 4.80. The summed E-state index contributed by atoms with van der Waals surface area (Å²) in [4.78, 5) is 11.2. The standard InChI is InChI=1S/C12H9O2P/c13-8-5-6-10-9-3-1-2-4-11(9)14-15-12(10)7-8/h1-7,10,15H. The van der Waals surface area contributed by atoms with E-state index in [1.807, 2.05) is 24.3 Å². The minimum Gasteiger partial charge on any atom is -0.472 e. The molecule has 0 fully saturated rings. The van der Waals surface area contributed by atoms with Gasteiger partial charge < -0.3 is 4.52 Å². The number of carbonyl (C=O) groups excluding carboxylic acids is 1. The number of benzene rings is 1. The van der Waals surface area contributed by atoms with Gasteiger partial charge in [0.2, 0.25) is 0 Å². The minimum atomic E-state index is 0.0664. The zero-order valence-electron chi connectivity index (χ0n) is 7.94. The molecule has 0 spiro atoms. The molecule has 0 bridgehead atoms. The fraction of sp³-hybridized carbons (Fsp3) is 0.0833. The van der Waals surface area contributed by atoms with Crippen molar-refractivity contribution in [2.24, 2.45) is 0 Å². The van der Waals surface area contributed by atoms with Gasteiger partial charge in [0.05, 0.1) is 0 Å². The zero-order chi connectivity index (χ0) is 10.3. The maximum Gasteiger partial charge on any atom is 0.178 e. The van der Waals surface area contributed by atoms with Crippen molar-refractivity contribution in [2.75, 3.05) is 0 Å². The lowest BCUT2D eigenvalue weighted by molar-refractivity contribution is -0.110. The molecular formula is C12H9O2P. The fourth-order valence-corrected chi connectivity index (χ4v) is 2.89. The summed E-state index contributed by atoms with van der Waals surface area (Å²) in [5.41, 5.74) is 1.16. The highest BCUT2D eigenvalue weighted by molar-refractivity contribution is 7.38. The first-order valence-corrected chi connectivity index (χ1v) is 5.71. The van der Waals surface area contributed by atoms with Gasteiger partial charge in [0.15, 0.2) is 5.78 Å². The van der Waals surface area contributed by atoms with Crippen LogP contribution in [0.1, 0.15) is 11.5 Å². The van der Waals surface area contributed by atoms with Crippen LogP contribution in [0.5, 0.6) is 5.75 Å². The third-order valence-corrected chi connectivity index (χ3v) is 3.63. The quantitative estimate of drug-likeness (QED) is 0.623. The predicted molar refractivity (Wildman–Crippen MR) is 60.4 cm³/mol. The molecule has 1 aliphatic carbocycles. The van der Waals surface area contributed by atoms with E-state index >= 15 is 0 Å². The number of para-hydroxylation sites is 1. The van der Waals surface area contributed by atoms with Crippen LogP contribution in [0.25, 0.3) is 0 Å². The van der Waals surface area contributed by atoms with Crippen molar-refractivity contribution in [3.63, 3.8) is 0 Å². The summed E-state index contributed by atoms with van der Waals surface area (Å²) in [6.07, 6.45) is 5.30. The summed E-state index contributed by atoms with van der Waals surface area (Å²) in [6, 6.07) is 8.00. The molecule has 1 heterocycles. The van der Waals surface area contributed by atoms with E-state index in [4.69, 9.17) is 4.52 Å². The summed E-state index contributed by atoms with van der Waals surface area (Å²) in [7, 11) is 0.273. The van der Waals surface area contributed by atoms with Gasteiger partial charge in [0.25, 0.3) is 0 Å². The number of carbonyl (C=O) groups is 1. The smallest absolute Gasteiger partial charge is 0.178 e. The Hall–Kier alpha value is -1.40. The van der Waals surface area contributed by atoms with Gasteiger partial charge in [0.1, 0.15) is 14.6 Å². The van der Waals surface area contributed by atoms with E-state index in [0.29, 0.717) is 0 Å². The topological polar surface area (TPSA) is 26.3 Å². The van der Waals surface area contributed by atoms with Crippen LogP contribution in [0.2, 0.25) is 0 Å². The van der Waals surface area contributed by atoms with Gasteiger partial charge in [-0.15, -0.1) is 0 Å². The molecule has 15 heavy (non-hydrogen) atoms. The minimum absolute atomic E-state index is 0.0664. The fourth-order valence-electron chi connectivity index (χ4n) is 1.89. The SMILES string of the molecule is O=C1C=CC2C(=C1)POc1ccccc12. The molecule has 3 heteroatoms. The molecule has 2 atom stereocenters. The van der Waals surface area contributed by atoms with Gasteiger partial charge in [-0.2, -0.15) is 0 Å². The Bertz CT molecular complexity index is 488. The highest BCUT2D eigenvalue weighted by Crippen LogP contribution is 2.49. The van der Waals surface area contributed by atoms with Crippen LogP contribution in [0.4, 0.5) is 0 Å². The summed E-state index contributed by atoms with van der Waals surface area (Å²) in [5.74, 6) is 1.25. The van der Waals surface area contributed by atoms with Crippen molar-refractivity contribution in [3.8, 4) is 5.75 Å². The lowest BCUT2D eigenvalue weighted by Crippen LogP contribution is -2.10. The molecular weight excluding hydrogens is 207 g/mol. The van der Waals surface area contributed by atoms with E-state index in [1.165, 1.54) is 0 Å². The van der Waals surface area contributed by atoms with Gasteiger partial charge in [-0.25, -0.2) is 0 Å². The van der Waals surface area contributed by atoms with Crippen LogP contribution in [0.3, 0.4) is 0 Å². The highest BCUT2D eigenvalue weighted by Gasteiger charge is 2.26. The van der Waals surface area contributed by atoms with Gasteiger partial charge in [0, 0.05) is 16.8 Å². The van der Waals surface area contributed by atoms with E-state index < -0.39 is 0 Å². The molecule has 0 N–H and O–H groups in total. The van der Waals surface area contributed by atoms with Crippen LogP contribution in [-0.2, 0) is 4.79 Å². The van der Waals surface area contributed by atoms with E-state index in [2.05, 4.69) is 6.07 Å². The summed E-state index contributed by atoms with van der Waals surface area (Å²) < 4.78 is 5.61. The zero-order valence-corrected chi connectivity index (χ0v) is 8.94. The molecule has 1 aliphatic heterocycles. The second-order valence-corrected chi connectivity index (χ2v) is 4.57. The Morgan fingerprint density at radius 3 is 3.07 bits per heavy atom. The van der Waals surface area contributed by atoms with E-state index in [-0.39, 0.29) is 20.5 Å². The number of hydrogen-bond acceptors (Lipinski definition) is 2. The largest absolute Gasteiger partial charge is 0.472 e. The number of fused-ring (bicyclic) bond motifs is 3. The molecule has 2 unspecified atom stereocenters. The van der Waals surface area contributed by atoms with Crippen molar-refractivity contribution < 1.29 is 9.32 Å². The third-order valence-electron chi connectivity index (χ3n) is 2.62. The van der Waals surface area contributed by atoms with Crippen molar-refractivity contribution >= 4 is 14.6 Å². The third kappa shape index (κ3) is 1.42. The van der Waals surface area contributed by atoms with Crippen LogP contribution in [0, 0.1) is 0 Å². The van der Waals surface area contributed by atoms with E-state index in [1.54, 1.807) is 12.2 Å². The average Bonchev–Trinajstić information content (AvgIpc) is 2.28. The second-order valence-electron chi connectivity index (χ2n) is 3.58. The summed E-state index contributed by atoms with van der Waals surface area (Å²) in [5, 5.41) is 1.08. The molecule has 0 saturated heterocycles. The van der Waals surface area contributed by atoms with E-state index in [0.717, 1.165) is 16.6 Å². The maximum absolute atomic E-state index is 11.2. The second kappa shape index (κ2) is 3.32. The van der Waals surface area contributed by atoms with Crippen molar-refractivity contribution in [2.45, 2.75) is 5.92 Å². The lowest BCUT2D eigenvalue weighted by atomic mass is 9.93. The first-order chi connectivity index (χ1) is 7.34. The first kappa shape index (κ1) is 8.87. The molecule has 0 radical (unpaired) electrons. The van der Waals surface area contributed by atoms with Crippen LogP contribution in [-0.4, -0.2) is 5.78 Å². The molecule has 0 aromatic heterocycles. The van der Waals surface area contributed by atoms with Crippen LogP contribution >= 0.6 is 8.81 Å². The predicted octanol–water partition coefficient (Wildman–Crippen LogP) is 2.78. The molecule has 1 aromatic rings. The maximum atomic E-state index is 11.2. The Morgan fingerprint density at radius 1 is 1.27 bits per heavy atom. The Labute approximate surface area is 89.5 Å². The Balaban J connectivity index is 2.12. The molecule has 2 aliphatic rings. The van der Waals surface area contributed by atoms with Gasteiger partial charge in [-0.1, -0.05) is 24.3 Å². The summed E-state index contributed by atoms with van der Waals surface area (Å²) in [6.45, 7) is 0. The number of ketones is 1. The Kier molecular flexibility index (Phi) is 1.96. The average molecular weight is 216 g/mol. The van der Waals surface area contributed by atoms with Crippen LogP contribution < -0.4 is 4.52 Å². The highest BCUT2D eigenvalue weighted by atomic mass is 31.1. The Morgan fingerprint density at radius 2 is 2.13 bits per heavy atom. The van der Waals surface area contributed by atoms with Gasteiger partial charge in [-0.3, -0.25) is 4.79 Å². The van der Waals surface area contributed by atoms with Gasteiger partial charge in [-0.05, 0) is 18.2 Å². The molecule has 0 amide bonds.